The normalized spacial score (nSPS) is 19.6. The zero-order valence-electron chi connectivity index (χ0n) is 12.7. The van der Waals surface area contributed by atoms with Crippen LogP contribution in [0.4, 0.5) is 0 Å². The third-order valence-corrected chi connectivity index (χ3v) is 4.61. The minimum atomic E-state index is -0.748. The molecule has 2 atom stereocenters. The van der Waals surface area contributed by atoms with Gasteiger partial charge in [-0.05, 0) is 49.2 Å². The van der Waals surface area contributed by atoms with E-state index in [1.54, 1.807) is 6.20 Å². The fourth-order valence-corrected chi connectivity index (χ4v) is 3.38. The molecule has 2 unspecified atom stereocenters. The molecule has 4 nitrogen and oxygen atoms in total. The molecule has 0 saturated carbocycles. The number of likely N-dealkylation sites (tertiary alicyclic amines) is 1. The predicted molar refractivity (Wildman–Crippen MR) is 89.5 cm³/mol. The lowest BCUT2D eigenvalue weighted by molar-refractivity contribution is -0.143. The minimum absolute atomic E-state index is 0.00855. The number of aromatic nitrogens is 1. The van der Waals surface area contributed by atoms with Crippen molar-refractivity contribution in [2.24, 2.45) is 0 Å². The van der Waals surface area contributed by atoms with Gasteiger partial charge in [0.2, 0.25) is 0 Å². The van der Waals surface area contributed by atoms with Gasteiger partial charge in [-0.2, -0.15) is 0 Å². The van der Waals surface area contributed by atoms with E-state index in [0.717, 1.165) is 24.2 Å². The number of pyridine rings is 1. The summed E-state index contributed by atoms with van der Waals surface area (Å²) in [6.07, 6.45) is 4.06. The Morgan fingerprint density at radius 1 is 1.30 bits per heavy atom. The summed E-state index contributed by atoms with van der Waals surface area (Å²) in [6, 6.07) is 13.1. The zero-order chi connectivity index (χ0) is 16.2. The first-order valence-corrected chi connectivity index (χ1v) is 8.17. The van der Waals surface area contributed by atoms with Crippen molar-refractivity contribution in [3.05, 3.63) is 64.9 Å². The predicted octanol–water partition coefficient (Wildman–Crippen LogP) is 3.57. The molecule has 1 aliphatic heterocycles. The molecule has 120 valence electrons. The van der Waals surface area contributed by atoms with Crippen molar-refractivity contribution in [1.82, 2.24) is 9.88 Å². The van der Waals surface area contributed by atoms with E-state index in [2.05, 4.69) is 9.88 Å². The number of benzene rings is 1. The number of aliphatic carboxylic acids is 1. The SMILES string of the molecule is O=C(O)C1CCCN1C(Cc1ccccn1)c1ccc(Cl)cc1. The van der Waals surface area contributed by atoms with Crippen LogP contribution in [0.25, 0.3) is 0 Å². The van der Waals surface area contributed by atoms with Crippen molar-refractivity contribution in [2.45, 2.75) is 31.3 Å². The highest BCUT2D eigenvalue weighted by molar-refractivity contribution is 6.30. The van der Waals surface area contributed by atoms with Gasteiger partial charge in [0.15, 0.2) is 0 Å². The first-order valence-electron chi connectivity index (χ1n) is 7.79. The Morgan fingerprint density at radius 2 is 2.09 bits per heavy atom. The van der Waals surface area contributed by atoms with E-state index in [-0.39, 0.29) is 6.04 Å². The Labute approximate surface area is 140 Å². The highest BCUT2D eigenvalue weighted by atomic mass is 35.5. The van der Waals surface area contributed by atoms with Crippen LogP contribution in [0.5, 0.6) is 0 Å². The summed E-state index contributed by atoms with van der Waals surface area (Å²) in [5.41, 5.74) is 2.04. The molecule has 2 heterocycles. The summed E-state index contributed by atoms with van der Waals surface area (Å²) >= 11 is 6.00. The number of hydrogen-bond donors (Lipinski definition) is 1. The highest BCUT2D eigenvalue weighted by Crippen LogP contribution is 2.32. The molecule has 0 amide bonds. The maximum absolute atomic E-state index is 11.6. The van der Waals surface area contributed by atoms with Crippen LogP contribution in [-0.4, -0.2) is 33.5 Å². The Morgan fingerprint density at radius 3 is 2.74 bits per heavy atom. The number of rotatable bonds is 5. The van der Waals surface area contributed by atoms with Crippen molar-refractivity contribution in [1.29, 1.82) is 0 Å². The Kier molecular flexibility index (Phi) is 4.94. The average Bonchev–Trinajstić information content (AvgIpc) is 3.04. The number of carboxylic acids is 1. The first kappa shape index (κ1) is 16.0. The molecule has 1 N–H and O–H groups in total. The van der Waals surface area contributed by atoms with Gasteiger partial charge in [0.05, 0.1) is 0 Å². The summed E-state index contributed by atoms with van der Waals surface area (Å²) in [5, 5.41) is 10.2. The Balaban J connectivity index is 1.92. The Bertz CT molecular complexity index is 660. The second-order valence-electron chi connectivity index (χ2n) is 5.83. The molecule has 1 saturated heterocycles. The van der Waals surface area contributed by atoms with Crippen LogP contribution < -0.4 is 0 Å². The van der Waals surface area contributed by atoms with Crippen LogP contribution in [0.2, 0.25) is 5.02 Å². The lowest BCUT2D eigenvalue weighted by Crippen LogP contribution is -2.39. The number of carboxylic acid groups (broad SMARTS) is 1. The summed E-state index contributed by atoms with van der Waals surface area (Å²) in [5.74, 6) is -0.748. The van der Waals surface area contributed by atoms with Crippen LogP contribution in [0, 0.1) is 0 Å². The maximum Gasteiger partial charge on any atom is 0.320 e. The van der Waals surface area contributed by atoms with Crippen molar-refractivity contribution in [2.75, 3.05) is 6.54 Å². The summed E-state index contributed by atoms with van der Waals surface area (Å²) in [4.78, 5) is 18.1. The van der Waals surface area contributed by atoms with Gasteiger partial charge in [-0.1, -0.05) is 29.8 Å². The van der Waals surface area contributed by atoms with Crippen LogP contribution in [-0.2, 0) is 11.2 Å². The molecule has 2 aromatic rings. The molecule has 0 aliphatic carbocycles. The largest absolute Gasteiger partial charge is 0.480 e. The lowest BCUT2D eigenvalue weighted by atomic mass is 9.99. The van der Waals surface area contributed by atoms with E-state index in [0.29, 0.717) is 17.9 Å². The summed E-state index contributed by atoms with van der Waals surface area (Å²) in [7, 11) is 0. The molecule has 23 heavy (non-hydrogen) atoms. The van der Waals surface area contributed by atoms with Gasteiger partial charge in [-0.15, -0.1) is 0 Å². The van der Waals surface area contributed by atoms with E-state index in [4.69, 9.17) is 11.6 Å². The van der Waals surface area contributed by atoms with Gasteiger partial charge in [0.25, 0.3) is 0 Å². The fourth-order valence-electron chi connectivity index (χ4n) is 3.26. The van der Waals surface area contributed by atoms with Gasteiger partial charge in [-0.3, -0.25) is 14.7 Å². The van der Waals surface area contributed by atoms with Crippen molar-refractivity contribution in [3.63, 3.8) is 0 Å². The molecule has 3 rings (SSSR count). The van der Waals surface area contributed by atoms with Crippen LogP contribution in [0.3, 0.4) is 0 Å². The molecule has 1 fully saturated rings. The van der Waals surface area contributed by atoms with Gasteiger partial charge in [-0.25, -0.2) is 0 Å². The smallest absolute Gasteiger partial charge is 0.320 e. The molecule has 1 aliphatic rings. The highest BCUT2D eigenvalue weighted by Gasteiger charge is 2.36. The number of halogens is 1. The average molecular weight is 331 g/mol. The minimum Gasteiger partial charge on any atom is -0.480 e. The van der Waals surface area contributed by atoms with E-state index < -0.39 is 12.0 Å². The molecule has 0 bridgehead atoms. The number of hydrogen-bond acceptors (Lipinski definition) is 3. The summed E-state index contributed by atoms with van der Waals surface area (Å²) < 4.78 is 0. The first-order chi connectivity index (χ1) is 11.1. The summed E-state index contributed by atoms with van der Waals surface area (Å²) in [6.45, 7) is 0.789. The quantitative estimate of drug-likeness (QED) is 0.910. The van der Waals surface area contributed by atoms with Crippen LogP contribution in [0.15, 0.2) is 48.7 Å². The second kappa shape index (κ2) is 7.11. The van der Waals surface area contributed by atoms with E-state index in [1.807, 2.05) is 42.5 Å². The molecule has 0 spiro atoms. The van der Waals surface area contributed by atoms with E-state index >= 15 is 0 Å². The van der Waals surface area contributed by atoms with E-state index in [9.17, 15) is 9.90 Å². The van der Waals surface area contributed by atoms with Crippen molar-refractivity contribution in [3.8, 4) is 0 Å². The van der Waals surface area contributed by atoms with Gasteiger partial charge in [0, 0.05) is 29.4 Å². The van der Waals surface area contributed by atoms with E-state index in [1.165, 1.54) is 0 Å². The van der Waals surface area contributed by atoms with Crippen molar-refractivity contribution >= 4 is 17.6 Å². The zero-order valence-corrected chi connectivity index (χ0v) is 13.5. The molecule has 0 radical (unpaired) electrons. The second-order valence-corrected chi connectivity index (χ2v) is 6.26. The molecule has 1 aromatic heterocycles. The molecular weight excluding hydrogens is 312 g/mol. The van der Waals surface area contributed by atoms with Gasteiger partial charge >= 0.3 is 5.97 Å². The van der Waals surface area contributed by atoms with Gasteiger partial charge < -0.3 is 5.11 Å². The topological polar surface area (TPSA) is 53.4 Å². The molecular formula is C18H19ClN2O2. The maximum atomic E-state index is 11.6. The standard InChI is InChI=1S/C18H19ClN2O2/c19-14-8-6-13(7-9-14)17(12-15-4-1-2-10-20-15)21-11-3-5-16(21)18(22)23/h1-2,4,6-10,16-17H,3,5,11-12H2,(H,22,23). The Hall–Kier alpha value is -1.91. The number of carbonyl (C=O) groups is 1. The molecule has 1 aromatic carbocycles. The molecule has 5 heteroatoms. The monoisotopic (exact) mass is 330 g/mol. The third-order valence-electron chi connectivity index (χ3n) is 4.36. The van der Waals surface area contributed by atoms with Gasteiger partial charge in [0.1, 0.15) is 6.04 Å². The fraction of sp³-hybridized carbons (Fsp3) is 0.333. The third kappa shape index (κ3) is 3.71. The van der Waals surface area contributed by atoms with Crippen molar-refractivity contribution < 1.29 is 9.90 Å². The lowest BCUT2D eigenvalue weighted by Gasteiger charge is -2.31. The van der Waals surface area contributed by atoms with Crippen LogP contribution in [0.1, 0.15) is 30.1 Å². The number of nitrogens with zero attached hydrogens (tertiary/aromatic N) is 2. The van der Waals surface area contributed by atoms with Crippen LogP contribution >= 0.6 is 11.6 Å².